The van der Waals surface area contributed by atoms with Crippen LogP contribution in [-0.2, 0) is 23.9 Å². The number of hydrogen-bond acceptors (Lipinski definition) is 7. The van der Waals surface area contributed by atoms with E-state index in [0.29, 0.717) is 25.7 Å². The summed E-state index contributed by atoms with van der Waals surface area (Å²) in [6.45, 7) is 12.3. The van der Waals surface area contributed by atoms with Gasteiger partial charge in [-0.2, -0.15) is 0 Å². The summed E-state index contributed by atoms with van der Waals surface area (Å²) in [6.07, 6.45) is 3.64. The fourth-order valence-corrected chi connectivity index (χ4v) is 7.04. The van der Waals surface area contributed by atoms with Crippen LogP contribution < -0.4 is 0 Å². The highest BCUT2D eigenvalue weighted by molar-refractivity contribution is 6.03. The number of ketones is 1. The molecule has 1 spiro atoms. The molecule has 0 heterocycles. The zero-order chi connectivity index (χ0) is 24.6. The molecule has 0 aromatic rings. The molecule has 0 aromatic heterocycles. The molecular weight excluding hydrogens is 424 g/mol. The van der Waals surface area contributed by atoms with Crippen LogP contribution in [0.1, 0.15) is 60.3 Å². The van der Waals surface area contributed by atoms with Crippen LogP contribution in [0.2, 0.25) is 0 Å². The minimum Gasteiger partial charge on any atom is -0.465 e. The average Bonchev–Trinajstić information content (AvgIpc) is 3.47. The highest BCUT2D eigenvalue weighted by Crippen LogP contribution is 2.78. The molecule has 0 unspecified atom stereocenters. The van der Waals surface area contributed by atoms with Gasteiger partial charge in [0, 0.05) is 34.7 Å². The third-order valence-electron chi connectivity index (χ3n) is 8.99. The highest BCUT2D eigenvalue weighted by Gasteiger charge is 2.81. The first kappa shape index (κ1) is 24.1. The van der Waals surface area contributed by atoms with Crippen LogP contribution in [0.25, 0.3) is 0 Å². The number of aliphatic hydroxyl groups is 2. The SMILES string of the molecule is C=C[C@]1(C)C=C2C(=O)[C@H](O)[C@H]3[C@](C)(COC(=O)C(C)C)[C@H](OC(C)=O)C[C@H]4C[C@]43[C@@]2(O)CC1. The molecular formula is C26H36O7. The second-order valence-corrected chi connectivity index (χ2v) is 11.5. The zero-order valence-corrected chi connectivity index (χ0v) is 20.2. The summed E-state index contributed by atoms with van der Waals surface area (Å²) >= 11 is 0. The van der Waals surface area contributed by atoms with Crippen molar-refractivity contribution in [3.8, 4) is 0 Å². The van der Waals surface area contributed by atoms with E-state index in [4.69, 9.17) is 9.47 Å². The zero-order valence-electron chi connectivity index (χ0n) is 20.2. The molecule has 3 fully saturated rings. The lowest BCUT2D eigenvalue weighted by atomic mass is 9.47. The number of hydrogen-bond donors (Lipinski definition) is 2. The Bertz CT molecular complexity index is 937. The summed E-state index contributed by atoms with van der Waals surface area (Å²) in [4.78, 5) is 37.8. The summed E-state index contributed by atoms with van der Waals surface area (Å²) < 4.78 is 11.3. The predicted octanol–water partition coefficient (Wildman–Crippen LogP) is 2.74. The summed E-state index contributed by atoms with van der Waals surface area (Å²) in [7, 11) is 0. The van der Waals surface area contributed by atoms with Gasteiger partial charge < -0.3 is 19.7 Å². The van der Waals surface area contributed by atoms with Gasteiger partial charge in [0.2, 0.25) is 0 Å². The molecule has 0 aliphatic heterocycles. The van der Waals surface area contributed by atoms with Crippen LogP contribution in [0.4, 0.5) is 0 Å². The molecule has 2 N–H and O–H groups in total. The number of carbonyl (C=O) groups excluding carboxylic acids is 3. The van der Waals surface area contributed by atoms with Gasteiger partial charge in [0.05, 0.1) is 11.5 Å². The van der Waals surface area contributed by atoms with E-state index in [-0.39, 0.29) is 24.0 Å². The van der Waals surface area contributed by atoms with E-state index < -0.39 is 57.7 Å². The predicted molar refractivity (Wildman–Crippen MR) is 120 cm³/mol. The van der Waals surface area contributed by atoms with E-state index in [1.807, 2.05) is 6.92 Å². The molecule has 7 heteroatoms. The van der Waals surface area contributed by atoms with Gasteiger partial charge in [-0.1, -0.05) is 39.8 Å². The first-order chi connectivity index (χ1) is 15.3. The maximum absolute atomic E-state index is 13.5. The maximum Gasteiger partial charge on any atom is 0.308 e. The van der Waals surface area contributed by atoms with Crippen LogP contribution in [0, 0.1) is 34.0 Å². The first-order valence-electron chi connectivity index (χ1n) is 11.9. The van der Waals surface area contributed by atoms with Gasteiger partial charge in [-0.25, -0.2) is 0 Å². The maximum atomic E-state index is 13.5. The Kier molecular flexibility index (Phi) is 5.49. The normalized spacial score (nSPS) is 45.8. The molecule has 4 rings (SSSR count). The van der Waals surface area contributed by atoms with Crippen molar-refractivity contribution in [2.24, 2.45) is 34.0 Å². The first-order valence-corrected chi connectivity index (χ1v) is 11.9. The smallest absolute Gasteiger partial charge is 0.308 e. The Morgan fingerprint density at radius 2 is 1.97 bits per heavy atom. The number of aliphatic hydroxyl groups excluding tert-OH is 1. The molecule has 0 radical (unpaired) electrons. The van der Waals surface area contributed by atoms with E-state index in [2.05, 4.69) is 6.58 Å². The lowest BCUT2D eigenvalue weighted by molar-refractivity contribution is -0.215. The highest BCUT2D eigenvalue weighted by atomic mass is 16.6. The quantitative estimate of drug-likeness (QED) is 0.479. The fraction of sp³-hybridized carbons (Fsp3) is 0.731. The van der Waals surface area contributed by atoms with Crippen LogP contribution in [0.3, 0.4) is 0 Å². The number of rotatable bonds is 5. The van der Waals surface area contributed by atoms with E-state index in [1.54, 1.807) is 32.9 Å². The minimum atomic E-state index is -1.39. The molecule has 182 valence electrons. The van der Waals surface area contributed by atoms with Crippen molar-refractivity contribution in [3.63, 3.8) is 0 Å². The molecule has 0 aromatic carbocycles. The van der Waals surface area contributed by atoms with E-state index in [1.165, 1.54) is 6.92 Å². The molecule has 4 aliphatic rings. The summed E-state index contributed by atoms with van der Waals surface area (Å²) in [5.41, 5.74) is -3.31. The van der Waals surface area contributed by atoms with Gasteiger partial charge in [-0.3, -0.25) is 14.4 Å². The molecule has 8 atom stereocenters. The number of fused-ring (bicyclic) bond motifs is 1. The Morgan fingerprint density at radius 1 is 1.30 bits per heavy atom. The third-order valence-corrected chi connectivity index (χ3v) is 8.99. The van der Waals surface area contributed by atoms with Gasteiger partial charge in [0.15, 0.2) is 5.78 Å². The van der Waals surface area contributed by atoms with Gasteiger partial charge in [-0.15, -0.1) is 6.58 Å². The standard InChI is InChI=1S/C26H36O7/c1-7-23(5)8-9-26(31)17(12-23)19(28)20(29)21-24(6,13-32-22(30)14(2)3)18(33-15(4)27)10-16-11-25(16,21)26/h7,12,14,16,18,20-21,29,31H,1,8-11,13H2,2-6H3/t16-,18+,20-,21-,23-,24+,25-,26+/m0/s1. The van der Waals surface area contributed by atoms with Crippen LogP contribution in [0.5, 0.6) is 0 Å². The van der Waals surface area contributed by atoms with E-state index in [0.717, 1.165) is 0 Å². The molecule has 33 heavy (non-hydrogen) atoms. The average molecular weight is 461 g/mol. The van der Waals surface area contributed by atoms with Gasteiger partial charge >= 0.3 is 11.9 Å². The number of ether oxygens (including phenoxy) is 2. The molecule has 0 saturated heterocycles. The Morgan fingerprint density at radius 3 is 2.55 bits per heavy atom. The van der Waals surface area contributed by atoms with Crippen molar-refractivity contribution in [1.82, 2.24) is 0 Å². The van der Waals surface area contributed by atoms with Crippen molar-refractivity contribution in [2.75, 3.05) is 6.61 Å². The van der Waals surface area contributed by atoms with E-state index in [9.17, 15) is 24.6 Å². The van der Waals surface area contributed by atoms with Crippen LogP contribution in [0.15, 0.2) is 24.3 Å². The van der Waals surface area contributed by atoms with Crippen molar-refractivity contribution < 1.29 is 34.1 Å². The monoisotopic (exact) mass is 460 g/mol. The van der Waals surface area contributed by atoms with Gasteiger partial charge in [0.25, 0.3) is 0 Å². The van der Waals surface area contributed by atoms with E-state index >= 15 is 0 Å². The molecule has 3 saturated carbocycles. The molecule has 0 bridgehead atoms. The number of allylic oxidation sites excluding steroid dienone is 2. The van der Waals surface area contributed by atoms with Crippen molar-refractivity contribution in [2.45, 2.75) is 78.1 Å². The van der Waals surface area contributed by atoms with Crippen molar-refractivity contribution >= 4 is 17.7 Å². The van der Waals surface area contributed by atoms with Gasteiger partial charge in [-0.05, 0) is 31.6 Å². The summed E-state index contributed by atoms with van der Waals surface area (Å²) in [6, 6.07) is 0. The molecule has 0 amide bonds. The number of Topliss-reactive ketones (excluding diaryl/α,β-unsaturated/α-hetero) is 1. The Balaban J connectivity index is 1.81. The number of carbonyl (C=O) groups is 3. The molecule has 7 nitrogen and oxygen atoms in total. The second-order valence-electron chi connectivity index (χ2n) is 11.5. The Hall–Kier alpha value is -1.99. The van der Waals surface area contributed by atoms with Crippen LogP contribution >= 0.6 is 0 Å². The summed E-state index contributed by atoms with van der Waals surface area (Å²) in [5.74, 6) is -2.44. The van der Waals surface area contributed by atoms with Crippen molar-refractivity contribution in [3.05, 3.63) is 24.3 Å². The number of esters is 2. The lowest BCUT2D eigenvalue weighted by Crippen LogP contribution is -2.68. The minimum absolute atomic E-state index is 0.00929. The second kappa shape index (κ2) is 7.51. The van der Waals surface area contributed by atoms with Crippen molar-refractivity contribution in [1.29, 1.82) is 0 Å². The fourth-order valence-electron chi connectivity index (χ4n) is 7.04. The van der Waals surface area contributed by atoms with Gasteiger partial charge in [0.1, 0.15) is 18.8 Å². The summed E-state index contributed by atoms with van der Waals surface area (Å²) in [5, 5.41) is 23.5. The van der Waals surface area contributed by atoms with Crippen LogP contribution in [-0.4, -0.2) is 52.4 Å². The molecule has 4 aliphatic carbocycles. The lowest BCUT2D eigenvalue weighted by Gasteiger charge is -2.60. The Labute approximate surface area is 195 Å². The largest absolute Gasteiger partial charge is 0.465 e. The third kappa shape index (κ3) is 3.26. The topological polar surface area (TPSA) is 110 Å².